The predicted octanol–water partition coefficient (Wildman–Crippen LogP) is 3.21. The number of halogens is 1. The molecule has 1 aliphatic rings. The maximum Gasteiger partial charge on any atom is 0.247 e. The molecule has 1 N–H and O–H groups in total. The van der Waals surface area contributed by atoms with Crippen LogP contribution in [0.2, 0.25) is 5.02 Å². The summed E-state index contributed by atoms with van der Waals surface area (Å²) >= 11 is 6.14. The van der Waals surface area contributed by atoms with Crippen molar-refractivity contribution in [1.82, 2.24) is 0 Å². The van der Waals surface area contributed by atoms with E-state index in [1.165, 1.54) is 13.0 Å². The maximum atomic E-state index is 12.8. The Hall–Kier alpha value is -2.45. The number of benzene rings is 2. The lowest BCUT2D eigenvalue weighted by Gasteiger charge is -2.28. The molecule has 2 aromatic carbocycles. The summed E-state index contributed by atoms with van der Waals surface area (Å²) < 4.78 is 36.8. The van der Waals surface area contributed by atoms with Crippen molar-refractivity contribution in [3.8, 4) is 11.5 Å². The lowest BCUT2D eigenvalue weighted by Crippen LogP contribution is -2.45. The van der Waals surface area contributed by atoms with Crippen molar-refractivity contribution >= 4 is 38.9 Å². The molecule has 0 aliphatic carbocycles. The van der Waals surface area contributed by atoms with Crippen LogP contribution in [0.5, 0.6) is 11.5 Å². The van der Waals surface area contributed by atoms with E-state index < -0.39 is 22.0 Å². The van der Waals surface area contributed by atoms with E-state index in [4.69, 9.17) is 21.1 Å². The van der Waals surface area contributed by atoms with E-state index in [1.54, 1.807) is 30.3 Å². The summed E-state index contributed by atoms with van der Waals surface area (Å²) in [6.07, 6.45) is 1.05. The van der Waals surface area contributed by atoms with Gasteiger partial charge in [-0.1, -0.05) is 17.7 Å². The molecule has 1 atom stereocenters. The van der Waals surface area contributed by atoms with E-state index in [2.05, 4.69) is 5.32 Å². The van der Waals surface area contributed by atoms with Crippen molar-refractivity contribution in [2.24, 2.45) is 0 Å². The molecular weight excluding hydrogens is 404 g/mol. The number of sulfonamides is 1. The van der Waals surface area contributed by atoms with Crippen molar-refractivity contribution in [2.45, 2.75) is 19.9 Å². The number of carbonyl (C=O) groups excluding carboxylic acids is 1. The van der Waals surface area contributed by atoms with Gasteiger partial charge in [-0.3, -0.25) is 9.10 Å². The molecule has 0 bridgehead atoms. The molecule has 1 heterocycles. The van der Waals surface area contributed by atoms with Crippen molar-refractivity contribution in [2.75, 3.05) is 29.1 Å². The van der Waals surface area contributed by atoms with Gasteiger partial charge < -0.3 is 14.8 Å². The summed E-state index contributed by atoms with van der Waals surface area (Å²) in [6.45, 7) is 4.23. The summed E-state index contributed by atoms with van der Waals surface area (Å²) in [5.41, 5.74) is 1.62. The van der Waals surface area contributed by atoms with Gasteiger partial charge in [-0.15, -0.1) is 0 Å². The average Bonchev–Trinajstić information content (AvgIpc) is 2.63. The van der Waals surface area contributed by atoms with Crippen molar-refractivity contribution in [3.63, 3.8) is 0 Å². The van der Waals surface area contributed by atoms with Gasteiger partial charge in [0, 0.05) is 16.8 Å². The molecule has 28 heavy (non-hydrogen) atoms. The van der Waals surface area contributed by atoms with E-state index in [1.807, 2.05) is 6.92 Å². The van der Waals surface area contributed by atoms with E-state index in [9.17, 15) is 13.2 Å². The second-order valence-electron chi connectivity index (χ2n) is 6.52. The number of ether oxygens (including phenoxy) is 2. The fourth-order valence-electron chi connectivity index (χ4n) is 2.90. The maximum absolute atomic E-state index is 12.8. The Morgan fingerprint density at radius 1 is 1.14 bits per heavy atom. The molecule has 2 aromatic rings. The first-order chi connectivity index (χ1) is 13.2. The van der Waals surface area contributed by atoms with Gasteiger partial charge >= 0.3 is 0 Å². The average molecular weight is 425 g/mol. The zero-order chi connectivity index (χ0) is 20.5. The van der Waals surface area contributed by atoms with E-state index in [-0.39, 0.29) is 0 Å². The Morgan fingerprint density at radius 3 is 2.46 bits per heavy atom. The summed E-state index contributed by atoms with van der Waals surface area (Å²) in [5, 5.41) is 3.15. The number of nitrogens with zero attached hydrogens (tertiary/aromatic N) is 1. The van der Waals surface area contributed by atoms with Crippen LogP contribution in [0.1, 0.15) is 12.5 Å². The number of fused-ring (bicyclic) bond motifs is 1. The Balaban J connectivity index is 1.85. The van der Waals surface area contributed by atoms with Crippen LogP contribution in [-0.4, -0.2) is 39.8 Å². The summed E-state index contributed by atoms with van der Waals surface area (Å²) in [4.78, 5) is 12.8. The van der Waals surface area contributed by atoms with Crippen LogP contribution >= 0.6 is 11.6 Å². The van der Waals surface area contributed by atoms with Crippen LogP contribution in [0.3, 0.4) is 0 Å². The monoisotopic (exact) mass is 424 g/mol. The SMILES string of the molecule is Cc1ccc(N(C(C)C(=O)Nc2ccc3c(c2)OCCO3)S(C)(=O)=O)cc1Cl. The molecule has 0 saturated carbocycles. The Kier molecular flexibility index (Phi) is 5.71. The highest BCUT2D eigenvalue weighted by Crippen LogP contribution is 2.33. The quantitative estimate of drug-likeness (QED) is 0.796. The highest BCUT2D eigenvalue weighted by Gasteiger charge is 2.29. The minimum Gasteiger partial charge on any atom is -0.486 e. The van der Waals surface area contributed by atoms with Crippen LogP contribution in [0.15, 0.2) is 36.4 Å². The van der Waals surface area contributed by atoms with Crippen molar-refractivity contribution < 1.29 is 22.7 Å². The predicted molar refractivity (Wildman–Crippen MR) is 109 cm³/mol. The smallest absolute Gasteiger partial charge is 0.247 e. The van der Waals surface area contributed by atoms with Gasteiger partial charge in [0.2, 0.25) is 15.9 Å². The van der Waals surface area contributed by atoms with Gasteiger partial charge in [0.05, 0.1) is 11.9 Å². The topological polar surface area (TPSA) is 84.9 Å². The van der Waals surface area contributed by atoms with E-state index in [0.717, 1.165) is 16.1 Å². The Labute approximate surface area is 169 Å². The number of amides is 1. The molecular formula is C19H21ClN2O5S. The van der Waals surface area contributed by atoms with E-state index >= 15 is 0 Å². The number of hydrogen-bond acceptors (Lipinski definition) is 5. The normalized spacial score (nSPS) is 14.3. The number of rotatable bonds is 5. The first-order valence-electron chi connectivity index (χ1n) is 8.63. The van der Waals surface area contributed by atoms with Gasteiger partial charge in [-0.2, -0.15) is 0 Å². The fraction of sp³-hybridized carbons (Fsp3) is 0.316. The van der Waals surface area contributed by atoms with Crippen molar-refractivity contribution in [3.05, 3.63) is 47.0 Å². The molecule has 3 rings (SSSR count). The number of hydrogen-bond donors (Lipinski definition) is 1. The minimum atomic E-state index is -3.73. The van der Waals surface area contributed by atoms with Crippen LogP contribution in [-0.2, 0) is 14.8 Å². The van der Waals surface area contributed by atoms with Gasteiger partial charge in [-0.25, -0.2) is 8.42 Å². The van der Waals surface area contributed by atoms with Crippen LogP contribution in [0.25, 0.3) is 0 Å². The summed E-state index contributed by atoms with van der Waals surface area (Å²) in [7, 11) is -3.73. The third kappa shape index (κ3) is 4.34. The van der Waals surface area contributed by atoms with Crippen LogP contribution < -0.4 is 19.1 Å². The van der Waals surface area contributed by atoms with Gasteiger partial charge in [0.15, 0.2) is 11.5 Å². The van der Waals surface area contributed by atoms with Gasteiger partial charge in [-0.05, 0) is 43.7 Å². The molecule has 9 heteroatoms. The number of anilines is 2. The fourth-order valence-corrected chi connectivity index (χ4v) is 4.24. The molecule has 1 amide bonds. The molecule has 1 aliphatic heterocycles. The second-order valence-corrected chi connectivity index (χ2v) is 8.78. The Bertz CT molecular complexity index is 1010. The lowest BCUT2D eigenvalue weighted by atomic mass is 10.2. The van der Waals surface area contributed by atoms with Gasteiger partial charge in [0.1, 0.15) is 19.3 Å². The summed E-state index contributed by atoms with van der Waals surface area (Å²) in [5.74, 6) is 0.644. The first-order valence-corrected chi connectivity index (χ1v) is 10.9. The molecule has 0 fully saturated rings. The molecule has 7 nitrogen and oxygen atoms in total. The first kappa shape index (κ1) is 20.3. The summed E-state index contributed by atoms with van der Waals surface area (Å²) in [6, 6.07) is 8.88. The standard InChI is InChI=1S/C19H21ClN2O5S/c1-12-4-6-15(11-16(12)20)22(28(3,24)25)13(2)19(23)21-14-5-7-17-18(10-14)27-9-8-26-17/h4-7,10-11,13H,8-9H2,1-3H3,(H,21,23). The molecule has 1 unspecified atom stereocenters. The molecule has 150 valence electrons. The molecule has 0 aromatic heterocycles. The lowest BCUT2D eigenvalue weighted by molar-refractivity contribution is -0.116. The van der Waals surface area contributed by atoms with Crippen LogP contribution in [0, 0.1) is 6.92 Å². The minimum absolute atomic E-state index is 0.322. The van der Waals surface area contributed by atoms with Crippen LogP contribution in [0.4, 0.5) is 11.4 Å². The third-order valence-electron chi connectivity index (χ3n) is 4.31. The number of aryl methyl sites for hydroxylation is 1. The largest absolute Gasteiger partial charge is 0.486 e. The molecule has 0 spiro atoms. The zero-order valence-corrected chi connectivity index (χ0v) is 17.3. The Morgan fingerprint density at radius 2 is 1.82 bits per heavy atom. The van der Waals surface area contributed by atoms with Gasteiger partial charge in [0.25, 0.3) is 0 Å². The number of nitrogens with one attached hydrogen (secondary N) is 1. The molecule has 0 radical (unpaired) electrons. The highest BCUT2D eigenvalue weighted by atomic mass is 35.5. The third-order valence-corrected chi connectivity index (χ3v) is 5.96. The zero-order valence-electron chi connectivity index (χ0n) is 15.7. The number of carbonyl (C=O) groups is 1. The molecule has 0 saturated heterocycles. The highest BCUT2D eigenvalue weighted by molar-refractivity contribution is 7.92. The second kappa shape index (κ2) is 7.89. The van der Waals surface area contributed by atoms with E-state index in [0.29, 0.717) is 41.1 Å². The van der Waals surface area contributed by atoms with Crippen molar-refractivity contribution in [1.29, 1.82) is 0 Å².